The molecule has 3 nitrogen and oxygen atoms in total. The van der Waals surface area contributed by atoms with E-state index in [0.717, 1.165) is 38.9 Å². The molecule has 108 valence electrons. The molecule has 1 aromatic rings. The predicted octanol–water partition coefficient (Wildman–Crippen LogP) is 2.39. The summed E-state index contributed by atoms with van der Waals surface area (Å²) in [4.78, 5) is 14.8. The van der Waals surface area contributed by atoms with Gasteiger partial charge in [-0.3, -0.25) is 4.79 Å². The zero-order chi connectivity index (χ0) is 13.9. The van der Waals surface area contributed by atoms with Crippen LogP contribution in [0, 0.1) is 5.92 Å². The molecule has 0 bridgehead atoms. The summed E-state index contributed by atoms with van der Waals surface area (Å²) in [5.74, 6) is 1.13. The standard InChI is InChI=1S/C17H24N2O/c1-13-16(14-5-3-2-4-6-14)9-12-19(13)17(20)15-7-10-18-11-8-15/h2-6,13,15-16,18H,7-12H2,1H3. The second kappa shape index (κ2) is 5.96. The summed E-state index contributed by atoms with van der Waals surface area (Å²) in [5, 5.41) is 3.34. The van der Waals surface area contributed by atoms with Crippen molar-refractivity contribution in [3.8, 4) is 0 Å². The molecule has 2 fully saturated rings. The van der Waals surface area contributed by atoms with Gasteiger partial charge in [0.1, 0.15) is 0 Å². The number of piperidine rings is 1. The number of amides is 1. The highest BCUT2D eigenvalue weighted by Crippen LogP contribution is 2.34. The molecule has 2 saturated heterocycles. The largest absolute Gasteiger partial charge is 0.339 e. The van der Waals surface area contributed by atoms with Gasteiger partial charge in [0, 0.05) is 24.4 Å². The minimum Gasteiger partial charge on any atom is -0.339 e. The van der Waals surface area contributed by atoms with Gasteiger partial charge in [-0.15, -0.1) is 0 Å². The van der Waals surface area contributed by atoms with Gasteiger partial charge in [0.2, 0.25) is 5.91 Å². The molecule has 0 radical (unpaired) electrons. The second-order valence-electron chi connectivity index (χ2n) is 6.10. The van der Waals surface area contributed by atoms with Crippen molar-refractivity contribution in [2.24, 2.45) is 5.92 Å². The van der Waals surface area contributed by atoms with Gasteiger partial charge in [-0.2, -0.15) is 0 Å². The summed E-state index contributed by atoms with van der Waals surface area (Å²) in [7, 11) is 0. The fourth-order valence-electron chi connectivity index (χ4n) is 3.70. The summed E-state index contributed by atoms with van der Waals surface area (Å²) in [6.07, 6.45) is 3.10. The van der Waals surface area contributed by atoms with Crippen LogP contribution in [0.2, 0.25) is 0 Å². The van der Waals surface area contributed by atoms with Crippen molar-refractivity contribution in [2.45, 2.75) is 38.1 Å². The smallest absolute Gasteiger partial charge is 0.226 e. The second-order valence-corrected chi connectivity index (χ2v) is 6.10. The number of nitrogens with zero attached hydrogens (tertiary/aromatic N) is 1. The van der Waals surface area contributed by atoms with Gasteiger partial charge in [-0.1, -0.05) is 30.3 Å². The first kappa shape index (κ1) is 13.6. The zero-order valence-electron chi connectivity index (χ0n) is 12.2. The quantitative estimate of drug-likeness (QED) is 0.896. The molecule has 1 amide bonds. The monoisotopic (exact) mass is 272 g/mol. The molecule has 0 aliphatic carbocycles. The third-order valence-electron chi connectivity index (χ3n) is 4.95. The molecule has 0 spiro atoms. The van der Waals surface area contributed by atoms with E-state index < -0.39 is 0 Å². The third kappa shape index (κ3) is 2.59. The number of hydrogen-bond donors (Lipinski definition) is 1. The first-order valence-electron chi connectivity index (χ1n) is 7.83. The van der Waals surface area contributed by atoms with Crippen molar-refractivity contribution in [1.29, 1.82) is 0 Å². The first-order chi connectivity index (χ1) is 9.77. The Morgan fingerprint density at radius 3 is 2.55 bits per heavy atom. The maximum atomic E-state index is 12.7. The Kier molecular flexibility index (Phi) is 4.06. The minimum atomic E-state index is 0.244. The number of nitrogens with one attached hydrogen (secondary N) is 1. The lowest BCUT2D eigenvalue weighted by atomic mass is 9.92. The van der Waals surface area contributed by atoms with Gasteiger partial charge in [-0.25, -0.2) is 0 Å². The summed E-state index contributed by atoms with van der Waals surface area (Å²) >= 11 is 0. The Hall–Kier alpha value is -1.35. The van der Waals surface area contributed by atoms with Gasteiger partial charge < -0.3 is 10.2 Å². The highest BCUT2D eigenvalue weighted by atomic mass is 16.2. The summed E-state index contributed by atoms with van der Waals surface area (Å²) in [6, 6.07) is 11.0. The summed E-state index contributed by atoms with van der Waals surface area (Å²) in [6.45, 7) is 5.11. The van der Waals surface area contributed by atoms with Crippen molar-refractivity contribution in [3.05, 3.63) is 35.9 Å². The van der Waals surface area contributed by atoms with E-state index >= 15 is 0 Å². The van der Waals surface area contributed by atoms with Crippen LogP contribution in [0.25, 0.3) is 0 Å². The van der Waals surface area contributed by atoms with E-state index in [1.165, 1.54) is 5.56 Å². The van der Waals surface area contributed by atoms with E-state index in [1.807, 2.05) is 0 Å². The van der Waals surface area contributed by atoms with Gasteiger partial charge in [0.05, 0.1) is 0 Å². The van der Waals surface area contributed by atoms with Crippen LogP contribution in [0.1, 0.15) is 37.7 Å². The van der Waals surface area contributed by atoms with Crippen molar-refractivity contribution >= 4 is 5.91 Å². The normalized spacial score (nSPS) is 27.8. The number of likely N-dealkylation sites (tertiary alicyclic amines) is 1. The molecule has 3 rings (SSSR count). The number of rotatable bonds is 2. The predicted molar refractivity (Wildman–Crippen MR) is 80.6 cm³/mol. The topological polar surface area (TPSA) is 32.3 Å². The Balaban J connectivity index is 1.69. The summed E-state index contributed by atoms with van der Waals surface area (Å²) in [5.41, 5.74) is 1.38. The number of carbonyl (C=O) groups is 1. The molecule has 2 unspecified atom stereocenters. The van der Waals surface area contributed by atoms with Crippen molar-refractivity contribution in [2.75, 3.05) is 19.6 Å². The zero-order valence-corrected chi connectivity index (χ0v) is 12.2. The van der Waals surface area contributed by atoms with Crippen molar-refractivity contribution < 1.29 is 4.79 Å². The Morgan fingerprint density at radius 1 is 1.15 bits per heavy atom. The molecule has 2 aliphatic rings. The van der Waals surface area contributed by atoms with Crippen LogP contribution in [0.5, 0.6) is 0 Å². The lowest BCUT2D eigenvalue weighted by Gasteiger charge is -2.31. The molecule has 0 aromatic heterocycles. The SMILES string of the molecule is CC1C(c2ccccc2)CCN1C(=O)C1CCNCC1. The fraction of sp³-hybridized carbons (Fsp3) is 0.588. The van der Waals surface area contributed by atoms with Crippen molar-refractivity contribution in [1.82, 2.24) is 10.2 Å². The lowest BCUT2D eigenvalue weighted by molar-refractivity contribution is -0.137. The molecule has 3 heteroatoms. The maximum Gasteiger partial charge on any atom is 0.226 e. The molecule has 2 atom stereocenters. The summed E-state index contributed by atoms with van der Waals surface area (Å²) < 4.78 is 0. The number of hydrogen-bond acceptors (Lipinski definition) is 2. The molecule has 2 heterocycles. The number of carbonyl (C=O) groups excluding carboxylic acids is 1. The van der Waals surface area contributed by atoms with Crippen LogP contribution in [0.15, 0.2) is 30.3 Å². The van der Waals surface area contributed by atoms with Crippen LogP contribution in [-0.2, 0) is 4.79 Å². The van der Waals surface area contributed by atoms with Crippen LogP contribution in [0.4, 0.5) is 0 Å². The Labute approximate surface area is 121 Å². The van der Waals surface area contributed by atoms with Crippen LogP contribution < -0.4 is 5.32 Å². The van der Waals surface area contributed by atoms with Crippen molar-refractivity contribution in [3.63, 3.8) is 0 Å². The molecule has 1 N–H and O–H groups in total. The van der Waals surface area contributed by atoms with E-state index in [2.05, 4.69) is 47.5 Å². The number of benzene rings is 1. The third-order valence-corrected chi connectivity index (χ3v) is 4.95. The van der Waals surface area contributed by atoms with Crippen LogP contribution in [0.3, 0.4) is 0 Å². The Bertz CT molecular complexity index is 453. The average molecular weight is 272 g/mol. The van der Waals surface area contributed by atoms with E-state index in [-0.39, 0.29) is 5.92 Å². The first-order valence-corrected chi connectivity index (χ1v) is 7.83. The van der Waals surface area contributed by atoms with E-state index in [0.29, 0.717) is 17.9 Å². The lowest BCUT2D eigenvalue weighted by Crippen LogP contribution is -2.43. The van der Waals surface area contributed by atoms with Crippen LogP contribution in [-0.4, -0.2) is 36.5 Å². The average Bonchev–Trinajstić information content (AvgIpc) is 2.90. The molecular formula is C17H24N2O. The van der Waals surface area contributed by atoms with E-state index in [1.54, 1.807) is 0 Å². The van der Waals surface area contributed by atoms with E-state index in [9.17, 15) is 4.79 Å². The maximum absolute atomic E-state index is 12.7. The molecule has 20 heavy (non-hydrogen) atoms. The van der Waals surface area contributed by atoms with E-state index in [4.69, 9.17) is 0 Å². The molecular weight excluding hydrogens is 248 g/mol. The van der Waals surface area contributed by atoms with Crippen LogP contribution >= 0.6 is 0 Å². The molecule has 2 aliphatic heterocycles. The highest BCUT2D eigenvalue weighted by Gasteiger charge is 2.37. The van der Waals surface area contributed by atoms with Gasteiger partial charge in [0.15, 0.2) is 0 Å². The highest BCUT2D eigenvalue weighted by molar-refractivity contribution is 5.79. The molecule has 1 aromatic carbocycles. The van der Waals surface area contributed by atoms with Gasteiger partial charge >= 0.3 is 0 Å². The Morgan fingerprint density at radius 2 is 1.85 bits per heavy atom. The van der Waals surface area contributed by atoms with Gasteiger partial charge in [-0.05, 0) is 44.8 Å². The van der Waals surface area contributed by atoms with Gasteiger partial charge in [0.25, 0.3) is 0 Å². The minimum absolute atomic E-state index is 0.244. The fourth-order valence-corrected chi connectivity index (χ4v) is 3.70. The molecule has 0 saturated carbocycles.